The van der Waals surface area contributed by atoms with Crippen LogP contribution in [0.25, 0.3) is 0 Å². The smallest absolute Gasteiger partial charge is 0.254 e. The average molecular weight is 280 g/mol. The summed E-state index contributed by atoms with van der Waals surface area (Å²) in [6, 6.07) is 3.67. The van der Waals surface area contributed by atoms with Gasteiger partial charge in [-0.3, -0.25) is 9.78 Å². The highest BCUT2D eigenvalue weighted by Crippen LogP contribution is 2.20. The Morgan fingerprint density at radius 1 is 1.15 bits per heavy atom. The fourth-order valence-electron chi connectivity index (χ4n) is 1.83. The zero-order valence-corrected chi connectivity index (χ0v) is 10.5. The summed E-state index contributed by atoms with van der Waals surface area (Å²) in [5.74, 6) is -3.10. The molecule has 1 aromatic carbocycles. The van der Waals surface area contributed by atoms with Gasteiger partial charge in [0, 0.05) is 11.8 Å². The Kier molecular flexibility index (Phi) is 4.02. The highest BCUT2D eigenvalue weighted by molar-refractivity contribution is 5.94. The fraction of sp³-hybridized carbons (Fsp3) is 0.143. The SMILES string of the molecule is CC(NC(=O)c1ccncc1F)c1c(F)cccc1F. The van der Waals surface area contributed by atoms with Crippen LogP contribution in [0, 0.1) is 17.5 Å². The second-order valence-corrected chi connectivity index (χ2v) is 4.19. The lowest BCUT2D eigenvalue weighted by Crippen LogP contribution is -2.28. The van der Waals surface area contributed by atoms with E-state index >= 15 is 0 Å². The van der Waals surface area contributed by atoms with Gasteiger partial charge < -0.3 is 5.32 Å². The number of carbonyl (C=O) groups excluding carboxylic acids is 1. The van der Waals surface area contributed by atoms with Gasteiger partial charge in [0.15, 0.2) is 5.82 Å². The van der Waals surface area contributed by atoms with E-state index in [-0.39, 0.29) is 11.1 Å². The van der Waals surface area contributed by atoms with Crippen LogP contribution in [-0.2, 0) is 0 Å². The fourth-order valence-corrected chi connectivity index (χ4v) is 1.83. The van der Waals surface area contributed by atoms with Crippen molar-refractivity contribution in [1.82, 2.24) is 10.3 Å². The second kappa shape index (κ2) is 5.73. The second-order valence-electron chi connectivity index (χ2n) is 4.19. The maximum Gasteiger partial charge on any atom is 0.254 e. The largest absolute Gasteiger partial charge is 0.345 e. The number of hydrogen-bond donors (Lipinski definition) is 1. The summed E-state index contributed by atoms with van der Waals surface area (Å²) in [6.45, 7) is 1.42. The average Bonchev–Trinajstić information content (AvgIpc) is 2.38. The molecule has 2 aromatic rings. The number of benzene rings is 1. The van der Waals surface area contributed by atoms with Crippen molar-refractivity contribution < 1.29 is 18.0 Å². The Labute approximate surface area is 113 Å². The van der Waals surface area contributed by atoms with Gasteiger partial charge in [0.2, 0.25) is 0 Å². The van der Waals surface area contributed by atoms with E-state index < -0.39 is 29.4 Å². The van der Waals surface area contributed by atoms with E-state index in [0.717, 1.165) is 18.3 Å². The Bertz CT molecular complexity index is 626. The standard InChI is InChI=1S/C14H11F3N2O/c1-8(13-10(15)3-2-4-11(13)16)19-14(20)9-5-6-18-7-12(9)17/h2-8H,1H3,(H,19,20). The van der Waals surface area contributed by atoms with Crippen molar-refractivity contribution in [2.75, 3.05) is 0 Å². The van der Waals surface area contributed by atoms with Gasteiger partial charge in [-0.05, 0) is 25.1 Å². The minimum absolute atomic E-state index is 0.233. The normalized spacial score (nSPS) is 12.0. The van der Waals surface area contributed by atoms with Gasteiger partial charge >= 0.3 is 0 Å². The van der Waals surface area contributed by atoms with Gasteiger partial charge in [0.05, 0.1) is 17.8 Å². The van der Waals surface area contributed by atoms with Crippen LogP contribution in [-0.4, -0.2) is 10.9 Å². The molecule has 0 radical (unpaired) electrons. The number of nitrogens with zero attached hydrogens (tertiary/aromatic N) is 1. The zero-order chi connectivity index (χ0) is 14.7. The molecule has 104 valence electrons. The molecule has 6 heteroatoms. The molecular weight excluding hydrogens is 269 g/mol. The molecule has 1 heterocycles. The molecule has 0 fully saturated rings. The monoisotopic (exact) mass is 280 g/mol. The molecule has 1 aromatic heterocycles. The number of amides is 1. The number of aromatic nitrogens is 1. The van der Waals surface area contributed by atoms with Crippen molar-refractivity contribution in [3.63, 3.8) is 0 Å². The van der Waals surface area contributed by atoms with Crippen LogP contribution < -0.4 is 5.32 Å². The minimum atomic E-state index is -0.934. The Balaban J connectivity index is 2.22. The van der Waals surface area contributed by atoms with Crippen LogP contribution in [0.5, 0.6) is 0 Å². The highest BCUT2D eigenvalue weighted by Gasteiger charge is 2.20. The molecule has 20 heavy (non-hydrogen) atoms. The van der Waals surface area contributed by atoms with Crippen LogP contribution in [0.1, 0.15) is 28.9 Å². The van der Waals surface area contributed by atoms with Crippen molar-refractivity contribution in [3.05, 3.63) is 65.2 Å². The van der Waals surface area contributed by atoms with Crippen molar-refractivity contribution in [1.29, 1.82) is 0 Å². The molecule has 1 atom stereocenters. The van der Waals surface area contributed by atoms with Crippen LogP contribution in [0.15, 0.2) is 36.7 Å². The van der Waals surface area contributed by atoms with E-state index in [9.17, 15) is 18.0 Å². The number of nitrogens with one attached hydrogen (secondary N) is 1. The molecule has 1 N–H and O–H groups in total. The van der Waals surface area contributed by atoms with E-state index in [4.69, 9.17) is 0 Å². The summed E-state index contributed by atoms with van der Waals surface area (Å²) in [6.07, 6.45) is 2.15. The van der Waals surface area contributed by atoms with E-state index in [1.54, 1.807) is 0 Å². The predicted octanol–water partition coefficient (Wildman–Crippen LogP) is 2.99. The number of pyridine rings is 1. The summed E-state index contributed by atoms with van der Waals surface area (Å²) >= 11 is 0. The summed E-state index contributed by atoms with van der Waals surface area (Å²) in [5, 5.41) is 2.35. The van der Waals surface area contributed by atoms with E-state index in [0.29, 0.717) is 0 Å². The summed E-state index contributed by atoms with van der Waals surface area (Å²) in [4.78, 5) is 15.4. The Morgan fingerprint density at radius 2 is 1.80 bits per heavy atom. The first-order chi connectivity index (χ1) is 9.50. The van der Waals surface area contributed by atoms with Crippen molar-refractivity contribution in [3.8, 4) is 0 Å². The van der Waals surface area contributed by atoms with Gasteiger partial charge in [-0.2, -0.15) is 0 Å². The number of carbonyl (C=O) groups is 1. The molecule has 3 nitrogen and oxygen atoms in total. The lowest BCUT2D eigenvalue weighted by Gasteiger charge is -2.16. The van der Waals surface area contributed by atoms with E-state index in [1.165, 1.54) is 25.3 Å². The van der Waals surface area contributed by atoms with Gasteiger partial charge in [0.1, 0.15) is 11.6 Å². The molecule has 1 unspecified atom stereocenters. The molecule has 0 aliphatic carbocycles. The maximum absolute atomic E-state index is 13.6. The third-order valence-electron chi connectivity index (χ3n) is 2.80. The minimum Gasteiger partial charge on any atom is -0.345 e. The number of halogens is 3. The Morgan fingerprint density at radius 3 is 2.40 bits per heavy atom. The molecule has 0 aliphatic rings. The molecule has 0 saturated heterocycles. The van der Waals surface area contributed by atoms with E-state index in [2.05, 4.69) is 10.3 Å². The molecule has 0 bridgehead atoms. The third-order valence-corrected chi connectivity index (χ3v) is 2.80. The summed E-state index contributed by atoms with van der Waals surface area (Å²) in [7, 11) is 0. The first kappa shape index (κ1) is 14.0. The van der Waals surface area contributed by atoms with Gasteiger partial charge in [-0.15, -0.1) is 0 Å². The van der Waals surface area contributed by atoms with Crippen LogP contribution in [0.2, 0.25) is 0 Å². The third kappa shape index (κ3) is 2.79. The van der Waals surface area contributed by atoms with Crippen molar-refractivity contribution in [2.24, 2.45) is 0 Å². The van der Waals surface area contributed by atoms with Crippen molar-refractivity contribution in [2.45, 2.75) is 13.0 Å². The predicted molar refractivity (Wildman–Crippen MR) is 66.4 cm³/mol. The maximum atomic E-state index is 13.6. The number of rotatable bonds is 3. The molecule has 0 saturated carbocycles. The zero-order valence-electron chi connectivity index (χ0n) is 10.5. The van der Waals surface area contributed by atoms with Crippen molar-refractivity contribution >= 4 is 5.91 Å². The molecule has 1 amide bonds. The van der Waals surface area contributed by atoms with Gasteiger partial charge in [0.25, 0.3) is 5.91 Å². The van der Waals surface area contributed by atoms with Gasteiger partial charge in [-0.1, -0.05) is 6.07 Å². The summed E-state index contributed by atoms with van der Waals surface area (Å²) < 4.78 is 40.5. The van der Waals surface area contributed by atoms with Crippen LogP contribution in [0.4, 0.5) is 13.2 Å². The molecule has 0 aliphatic heterocycles. The highest BCUT2D eigenvalue weighted by atomic mass is 19.1. The quantitative estimate of drug-likeness (QED) is 0.939. The van der Waals surface area contributed by atoms with Crippen LogP contribution in [0.3, 0.4) is 0 Å². The lowest BCUT2D eigenvalue weighted by molar-refractivity contribution is 0.0934. The topological polar surface area (TPSA) is 42.0 Å². The first-order valence-electron chi connectivity index (χ1n) is 5.85. The number of hydrogen-bond acceptors (Lipinski definition) is 2. The van der Waals surface area contributed by atoms with Gasteiger partial charge in [-0.25, -0.2) is 13.2 Å². The Hall–Kier alpha value is -2.37. The first-order valence-corrected chi connectivity index (χ1v) is 5.85. The molecular formula is C14H11F3N2O. The lowest BCUT2D eigenvalue weighted by atomic mass is 10.1. The molecule has 0 spiro atoms. The molecule has 2 rings (SSSR count). The van der Waals surface area contributed by atoms with E-state index in [1.807, 2.05) is 0 Å². The summed E-state index contributed by atoms with van der Waals surface area (Å²) in [5.41, 5.74) is -0.501. The van der Waals surface area contributed by atoms with Crippen LogP contribution >= 0.6 is 0 Å².